The standard InChI is InChI=1S/C75H144N4O4S2/c1-5-9-13-17-21-25-29-33-37-39-43-47-51-55-59-63-72(80)78-70(74(82)76-66-61-57-53-49-45-41-35-31-27-23-19-15-11-7-3)65-68-84-85-69-71(75(83)77-67-62-58-54-50-46-42-36-32-28-24-20-16-12-8-4)79-73(81)64-60-56-52-48-44-40-38-34-30-26-22-18-14-10-6-2/h33-34,37-38,70-71H,5-32,35-36,39-69H2,1-4H3,(H,76,82)(H,77,83)(H,78,80)(H,79,81)/b37-33+,38-34+. The molecule has 0 rings (SSSR count). The number of carbonyl (C=O) groups is 4. The first-order valence-electron chi connectivity index (χ1n) is 37.6. The first-order valence-corrected chi connectivity index (χ1v) is 40.1. The fourth-order valence-electron chi connectivity index (χ4n) is 11.3. The van der Waals surface area contributed by atoms with E-state index < -0.39 is 12.1 Å². The van der Waals surface area contributed by atoms with Crippen molar-refractivity contribution in [3.8, 4) is 0 Å². The second-order valence-corrected chi connectivity index (χ2v) is 28.2. The number of unbranched alkanes of at least 4 members (excludes halogenated alkanes) is 48. The number of allylic oxidation sites excluding steroid dienone is 4. The van der Waals surface area contributed by atoms with E-state index in [1.165, 1.54) is 270 Å². The van der Waals surface area contributed by atoms with E-state index in [2.05, 4.69) is 73.3 Å². The Morgan fingerprint density at radius 1 is 0.294 bits per heavy atom. The topological polar surface area (TPSA) is 116 Å². The molecule has 8 nitrogen and oxygen atoms in total. The minimum absolute atomic E-state index is 0.0450. The quantitative estimate of drug-likeness (QED) is 0.0274. The van der Waals surface area contributed by atoms with E-state index >= 15 is 0 Å². The Hall–Kier alpha value is -1.94. The van der Waals surface area contributed by atoms with Crippen molar-refractivity contribution in [3.05, 3.63) is 24.3 Å². The first kappa shape index (κ1) is 83.1. The summed E-state index contributed by atoms with van der Waals surface area (Å²) in [5.74, 6) is 0.795. The van der Waals surface area contributed by atoms with Crippen LogP contribution in [0.2, 0.25) is 0 Å². The molecule has 4 N–H and O–H groups in total. The highest BCUT2D eigenvalue weighted by Crippen LogP contribution is 2.24. The van der Waals surface area contributed by atoms with Crippen LogP contribution in [-0.4, -0.2) is 60.3 Å². The third kappa shape index (κ3) is 64.8. The molecule has 4 amide bonds. The van der Waals surface area contributed by atoms with Gasteiger partial charge in [0.1, 0.15) is 12.1 Å². The van der Waals surface area contributed by atoms with Crippen molar-refractivity contribution in [1.82, 2.24) is 21.3 Å². The Bertz CT molecular complexity index is 1370. The van der Waals surface area contributed by atoms with Crippen molar-refractivity contribution in [2.45, 2.75) is 406 Å². The third-order valence-corrected chi connectivity index (χ3v) is 19.5. The summed E-state index contributed by atoms with van der Waals surface area (Å²) in [6, 6.07) is -1.21. The van der Waals surface area contributed by atoms with Gasteiger partial charge in [-0.15, -0.1) is 0 Å². The molecule has 10 heteroatoms. The molecule has 2 unspecified atom stereocenters. The van der Waals surface area contributed by atoms with E-state index in [4.69, 9.17) is 0 Å². The predicted molar refractivity (Wildman–Crippen MR) is 379 cm³/mol. The maximum absolute atomic E-state index is 13.7. The number of nitrogens with one attached hydrogen (secondary N) is 4. The summed E-state index contributed by atoms with van der Waals surface area (Å²) in [5, 5.41) is 12.6. The summed E-state index contributed by atoms with van der Waals surface area (Å²) in [6.45, 7) is 10.4. The molecule has 0 aromatic heterocycles. The zero-order valence-corrected chi connectivity index (χ0v) is 58.7. The van der Waals surface area contributed by atoms with E-state index in [0.717, 1.165) is 77.0 Å². The molecular formula is C75H144N4O4S2. The number of hydrogen-bond donors (Lipinski definition) is 4. The average molecular weight is 1230 g/mol. The van der Waals surface area contributed by atoms with Gasteiger partial charge in [-0.1, -0.05) is 343 Å². The molecule has 0 bridgehead atoms. The lowest BCUT2D eigenvalue weighted by atomic mass is 10.0. The molecule has 0 saturated carbocycles. The molecule has 0 radical (unpaired) electrons. The molecule has 0 saturated heterocycles. The molecule has 0 heterocycles. The van der Waals surface area contributed by atoms with E-state index in [1.807, 2.05) is 0 Å². The SMILES string of the molecule is CCCCCCCC/C=C/CCCCCCCC(=O)NC(CCSSCC(NC(=O)CCCCCCC/C=C/CCCCCCCC)C(=O)NCCCCCCCCCCCCCCCC)C(=O)NCCCCCCCCCCCCCCCC. The highest BCUT2D eigenvalue weighted by molar-refractivity contribution is 8.76. The van der Waals surface area contributed by atoms with Crippen LogP contribution in [0.1, 0.15) is 394 Å². The van der Waals surface area contributed by atoms with Gasteiger partial charge in [0, 0.05) is 37.4 Å². The van der Waals surface area contributed by atoms with Crippen molar-refractivity contribution in [1.29, 1.82) is 0 Å². The zero-order valence-electron chi connectivity index (χ0n) is 57.0. The van der Waals surface area contributed by atoms with Crippen molar-refractivity contribution >= 4 is 45.2 Å². The molecule has 85 heavy (non-hydrogen) atoms. The van der Waals surface area contributed by atoms with Gasteiger partial charge in [0.15, 0.2) is 0 Å². The monoisotopic (exact) mass is 1230 g/mol. The summed E-state index contributed by atoms with van der Waals surface area (Å²) in [7, 11) is 3.20. The lowest BCUT2D eigenvalue weighted by molar-refractivity contribution is -0.129. The van der Waals surface area contributed by atoms with Gasteiger partial charge in [-0.3, -0.25) is 19.2 Å². The van der Waals surface area contributed by atoms with Crippen LogP contribution in [-0.2, 0) is 19.2 Å². The van der Waals surface area contributed by atoms with E-state index in [-0.39, 0.29) is 23.6 Å². The van der Waals surface area contributed by atoms with Gasteiger partial charge < -0.3 is 21.3 Å². The fraction of sp³-hybridized carbons (Fsp3) is 0.893. The summed E-state index contributed by atoms with van der Waals surface area (Å²) in [4.78, 5) is 54.0. The summed E-state index contributed by atoms with van der Waals surface area (Å²) in [6.07, 6.45) is 78.7. The lowest BCUT2D eigenvalue weighted by Crippen LogP contribution is -2.48. The minimum Gasteiger partial charge on any atom is -0.354 e. The molecule has 0 spiro atoms. The van der Waals surface area contributed by atoms with Crippen molar-refractivity contribution in [2.75, 3.05) is 24.6 Å². The van der Waals surface area contributed by atoms with Crippen LogP contribution in [0.4, 0.5) is 0 Å². The summed E-state index contributed by atoms with van der Waals surface area (Å²) >= 11 is 0. The van der Waals surface area contributed by atoms with E-state index in [9.17, 15) is 19.2 Å². The first-order chi connectivity index (χ1) is 41.9. The second kappa shape index (κ2) is 71.1. The van der Waals surface area contributed by atoms with Crippen LogP contribution in [0.5, 0.6) is 0 Å². The number of carbonyl (C=O) groups excluding carboxylic acids is 4. The van der Waals surface area contributed by atoms with Gasteiger partial charge in [-0.25, -0.2) is 0 Å². The molecule has 0 aliphatic carbocycles. The van der Waals surface area contributed by atoms with Gasteiger partial charge in [0.2, 0.25) is 23.6 Å². The Morgan fingerprint density at radius 2 is 0.541 bits per heavy atom. The van der Waals surface area contributed by atoms with Gasteiger partial charge in [0.05, 0.1) is 0 Å². The highest BCUT2D eigenvalue weighted by atomic mass is 33.1. The average Bonchev–Trinajstić information content (AvgIpc) is 3.53. The number of rotatable bonds is 70. The molecule has 0 aliphatic heterocycles. The van der Waals surface area contributed by atoms with Crippen molar-refractivity contribution in [3.63, 3.8) is 0 Å². The molecule has 2 atom stereocenters. The molecule has 500 valence electrons. The van der Waals surface area contributed by atoms with E-state index in [1.54, 1.807) is 21.6 Å². The van der Waals surface area contributed by atoms with Crippen LogP contribution < -0.4 is 21.3 Å². The van der Waals surface area contributed by atoms with Crippen LogP contribution >= 0.6 is 21.6 Å². The smallest absolute Gasteiger partial charge is 0.243 e. The van der Waals surface area contributed by atoms with Crippen LogP contribution in [0, 0.1) is 0 Å². The molecule has 0 aromatic rings. The van der Waals surface area contributed by atoms with Gasteiger partial charge in [0.25, 0.3) is 0 Å². The molecule has 0 aromatic carbocycles. The minimum atomic E-state index is -0.616. The summed E-state index contributed by atoms with van der Waals surface area (Å²) < 4.78 is 0. The largest absolute Gasteiger partial charge is 0.354 e. The van der Waals surface area contributed by atoms with Crippen LogP contribution in [0.25, 0.3) is 0 Å². The fourth-order valence-corrected chi connectivity index (χ4v) is 13.6. The van der Waals surface area contributed by atoms with Gasteiger partial charge >= 0.3 is 0 Å². The van der Waals surface area contributed by atoms with E-state index in [0.29, 0.717) is 43.9 Å². The van der Waals surface area contributed by atoms with Gasteiger partial charge in [-0.2, -0.15) is 0 Å². The molecular weight excluding hydrogens is 1080 g/mol. The van der Waals surface area contributed by atoms with Gasteiger partial charge in [-0.05, 0) is 83.5 Å². The Morgan fingerprint density at radius 3 is 0.847 bits per heavy atom. The Balaban J connectivity index is 5.16. The zero-order chi connectivity index (χ0) is 61.7. The maximum Gasteiger partial charge on any atom is 0.243 e. The number of amides is 4. The highest BCUT2D eigenvalue weighted by Gasteiger charge is 2.23. The van der Waals surface area contributed by atoms with Crippen LogP contribution in [0.15, 0.2) is 24.3 Å². The van der Waals surface area contributed by atoms with Crippen molar-refractivity contribution < 1.29 is 19.2 Å². The Kier molecular flexibility index (Phi) is 69.5. The van der Waals surface area contributed by atoms with Crippen LogP contribution in [0.3, 0.4) is 0 Å². The molecule has 0 aliphatic rings. The molecule has 0 fully saturated rings. The lowest BCUT2D eigenvalue weighted by Gasteiger charge is -2.20. The Labute approximate surface area is 537 Å². The van der Waals surface area contributed by atoms with Crippen molar-refractivity contribution in [2.24, 2.45) is 0 Å². The summed E-state index contributed by atoms with van der Waals surface area (Å²) in [5.41, 5.74) is 0. The maximum atomic E-state index is 13.7. The number of hydrogen-bond acceptors (Lipinski definition) is 6. The predicted octanol–water partition coefficient (Wildman–Crippen LogP) is 23.0. The normalized spacial score (nSPS) is 12.4. The second-order valence-electron chi connectivity index (χ2n) is 25.6. The third-order valence-electron chi connectivity index (χ3n) is 17.1.